The number of nitrogens with zero attached hydrogens (tertiary/aromatic N) is 1. The van der Waals surface area contributed by atoms with Crippen LogP contribution < -0.4 is 5.32 Å². The van der Waals surface area contributed by atoms with Crippen molar-refractivity contribution in [2.45, 2.75) is 32.2 Å². The summed E-state index contributed by atoms with van der Waals surface area (Å²) in [5.41, 5.74) is 2.21. The minimum absolute atomic E-state index is 0.0158. The Balaban J connectivity index is 1.67. The molecule has 0 saturated heterocycles. The molecule has 4 nitrogen and oxygen atoms in total. The second-order valence-corrected chi connectivity index (χ2v) is 6.22. The molecular formula is C17H22FN3O. The summed E-state index contributed by atoms with van der Waals surface area (Å²) in [7, 11) is 0. The molecule has 1 aliphatic carbocycles. The highest BCUT2D eigenvalue weighted by molar-refractivity contribution is 5.63. The van der Waals surface area contributed by atoms with Gasteiger partial charge in [0, 0.05) is 36.2 Å². The fraction of sp³-hybridized carbons (Fsp3) is 0.471. The molecule has 22 heavy (non-hydrogen) atoms. The summed E-state index contributed by atoms with van der Waals surface area (Å²) in [6, 6.07) is 6.69. The minimum atomic E-state index is -0.254. The van der Waals surface area contributed by atoms with E-state index >= 15 is 0 Å². The Kier molecular flexibility index (Phi) is 4.55. The summed E-state index contributed by atoms with van der Waals surface area (Å²) in [5.74, 6) is -0.254. The first kappa shape index (κ1) is 15.2. The molecule has 0 unspecified atom stereocenters. The number of aromatic amines is 1. The highest BCUT2D eigenvalue weighted by Gasteiger charge is 2.32. The molecule has 0 aliphatic heterocycles. The number of aliphatic hydroxyl groups is 1. The lowest BCUT2D eigenvalue weighted by molar-refractivity contribution is 0.128. The normalized spacial score (nSPS) is 17.0. The van der Waals surface area contributed by atoms with Crippen LogP contribution in [0.2, 0.25) is 0 Å². The summed E-state index contributed by atoms with van der Waals surface area (Å²) in [6.45, 7) is 1.62. The average Bonchev–Trinajstić information content (AvgIpc) is 3.18. The van der Waals surface area contributed by atoms with Gasteiger partial charge in [0.05, 0.1) is 11.9 Å². The van der Waals surface area contributed by atoms with Gasteiger partial charge in [-0.3, -0.25) is 5.10 Å². The summed E-state index contributed by atoms with van der Waals surface area (Å²) < 4.78 is 13.9. The monoisotopic (exact) mass is 303 g/mol. The van der Waals surface area contributed by atoms with E-state index in [0.717, 1.165) is 30.6 Å². The van der Waals surface area contributed by atoms with Crippen molar-refractivity contribution in [2.24, 2.45) is 5.41 Å². The van der Waals surface area contributed by atoms with Crippen molar-refractivity contribution in [1.29, 1.82) is 0 Å². The quantitative estimate of drug-likeness (QED) is 0.769. The Morgan fingerprint density at radius 3 is 2.77 bits per heavy atom. The lowest BCUT2D eigenvalue weighted by atomic mass is 9.87. The molecular weight excluding hydrogens is 281 g/mol. The maximum atomic E-state index is 13.9. The summed E-state index contributed by atoms with van der Waals surface area (Å²) in [5, 5.41) is 20.0. The van der Waals surface area contributed by atoms with Crippen molar-refractivity contribution >= 4 is 0 Å². The van der Waals surface area contributed by atoms with Crippen LogP contribution in [0.5, 0.6) is 0 Å². The predicted molar refractivity (Wildman–Crippen MR) is 83.7 cm³/mol. The van der Waals surface area contributed by atoms with Crippen LogP contribution in [-0.4, -0.2) is 28.5 Å². The molecule has 1 saturated carbocycles. The second-order valence-electron chi connectivity index (χ2n) is 6.22. The lowest BCUT2D eigenvalue weighted by Gasteiger charge is -2.26. The third kappa shape index (κ3) is 3.05. The Morgan fingerprint density at radius 1 is 1.27 bits per heavy atom. The van der Waals surface area contributed by atoms with E-state index in [1.807, 2.05) is 6.07 Å². The topological polar surface area (TPSA) is 60.9 Å². The van der Waals surface area contributed by atoms with Crippen molar-refractivity contribution in [3.8, 4) is 11.3 Å². The van der Waals surface area contributed by atoms with Gasteiger partial charge in [0.25, 0.3) is 0 Å². The van der Waals surface area contributed by atoms with Crippen LogP contribution in [0.15, 0.2) is 30.5 Å². The van der Waals surface area contributed by atoms with E-state index in [9.17, 15) is 9.50 Å². The van der Waals surface area contributed by atoms with Crippen LogP contribution in [0.3, 0.4) is 0 Å². The van der Waals surface area contributed by atoms with Crippen LogP contribution >= 0.6 is 0 Å². The van der Waals surface area contributed by atoms with Crippen LogP contribution in [0, 0.1) is 11.2 Å². The summed E-state index contributed by atoms with van der Waals surface area (Å²) in [4.78, 5) is 0. The van der Waals surface area contributed by atoms with E-state index in [1.165, 1.54) is 18.9 Å². The number of halogens is 1. The second kappa shape index (κ2) is 6.58. The zero-order valence-electron chi connectivity index (χ0n) is 12.6. The van der Waals surface area contributed by atoms with E-state index in [2.05, 4.69) is 15.5 Å². The van der Waals surface area contributed by atoms with Gasteiger partial charge in [0.1, 0.15) is 5.82 Å². The van der Waals surface area contributed by atoms with Crippen LogP contribution in [0.4, 0.5) is 4.39 Å². The summed E-state index contributed by atoms with van der Waals surface area (Å²) >= 11 is 0. The van der Waals surface area contributed by atoms with Crippen molar-refractivity contribution in [1.82, 2.24) is 15.5 Å². The van der Waals surface area contributed by atoms with E-state index in [1.54, 1.807) is 18.3 Å². The smallest absolute Gasteiger partial charge is 0.132 e. The number of nitrogens with one attached hydrogen (secondary N) is 2. The molecule has 5 heteroatoms. The van der Waals surface area contributed by atoms with Gasteiger partial charge in [-0.25, -0.2) is 4.39 Å². The summed E-state index contributed by atoms with van der Waals surface area (Å²) in [6.07, 6.45) is 6.25. The number of rotatable bonds is 6. The number of hydrogen-bond donors (Lipinski definition) is 3. The highest BCUT2D eigenvalue weighted by atomic mass is 19.1. The zero-order valence-corrected chi connectivity index (χ0v) is 12.6. The molecule has 2 aromatic rings. The Morgan fingerprint density at radius 2 is 2.05 bits per heavy atom. The van der Waals surface area contributed by atoms with Crippen LogP contribution in [0.1, 0.15) is 31.2 Å². The Bertz CT molecular complexity index is 620. The largest absolute Gasteiger partial charge is 0.396 e. The molecule has 0 amide bonds. The first-order valence-electron chi connectivity index (χ1n) is 7.83. The number of H-pyrrole nitrogens is 1. The molecule has 0 radical (unpaired) electrons. The maximum absolute atomic E-state index is 13.9. The fourth-order valence-electron chi connectivity index (χ4n) is 3.32. The van der Waals surface area contributed by atoms with Gasteiger partial charge in [-0.1, -0.05) is 25.0 Å². The fourth-order valence-corrected chi connectivity index (χ4v) is 3.32. The number of hydrogen-bond acceptors (Lipinski definition) is 3. The molecule has 1 heterocycles. The van der Waals surface area contributed by atoms with Gasteiger partial charge in [-0.05, 0) is 25.0 Å². The van der Waals surface area contributed by atoms with Crippen molar-refractivity contribution in [3.05, 3.63) is 41.8 Å². The molecule has 118 valence electrons. The van der Waals surface area contributed by atoms with Gasteiger partial charge in [-0.2, -0.15) is 5.10 Å². The molecule has 1 fully saturated rings. The van der Waals surface area contributed by atoms with E-state index in [-0.39, 0.29) is 17.8 Å². The van der Waals surface area contributed by atoms with Crippen molar-refractivity contribution < 1.29 is 9.50 Å². The molecule has 0 bridgehead atoms. The van der Waals surface area contributed by atoms with E-state index < -0.39 is 0 Å². The Labute approximate surface area is 129 Å². The van der Waals surface area contributed by atoms with Crippen LogP contribution in [-0.2, 0) is 6.54 Å². The molecule has 3 N–H and O–H groups in total. The third-order valence-electron chi connectivity index (χ3n) is 4.68. The van der Waals surface area contributed by atoms with Gasteiger partial charge >= 0.3 is 0 Å². The van der Waals surface area contributed by atoms with Crippen molar-refractivity contribution in [3.63, 3.8) is 0 Å². The first-order chi connectivity index (χ1) is 10.7. The maximum Gasteiger partial charge on any atom is 0.132 e. The standard InChI is InChI=1S/C17H22FN3O/c18-15-6-2-1-5-14(15)16-13(10-20-21-16)9-19-11-17(12-22)7-3-4-8-17/h1-2,5-6,10,19,22H,3-4,7-9,11-12H2,(H,20,21). The number of aromatic nitrogens is 2. The lowest BCUT2D eigenvalue weighted by Crippen LogP contribution is -2.34. The SMILES string of the molecule is OCC1(CNCc2cn[nH]c2-c2ccccc2F)CCCC1. The molecule has 1 aliphatic rings. The zero-order chi connectivity index (χ0) is 15.4. The minimum Gasteiger partial charge on any atom is -0.396 e. The van der Waals surface area contributed by atoms with Gasteiger partial charge in [0.15, 0.2) is 0 Å². The molecule has 3 rings (SSSR count). The Hall–Kier alpha value is -1.72. The number of aliphatic hydroxyl groups excluding tert-OH is 1. The molecule has 1 aromatic carbocycles. The third-order valence-corrected chi connectivity index (χ3v) is 4.68. The number of benzene rings is 1. The molecule has 0 spiro atoms. The van der Waals surface area contributed by atoms with Crippen molar-refractivity contribution in [2.75, 3.05) is 13.2 Å². The van der Waals surface area contributed by atoms with E-state index in [0.29, 0.717) is 12.1 Å². The van der Waals surface area contributed by atoms with Gasteiger partial charge in [0.2, 0.25) is 0 Å². The first-order valence-corrected chi connectivity index (χ1v) is 7.83. The van der Waals surface area contributed by atoms with Gasteiger partial charge in [-0.15, -0.1) is 0 Å². The average molecular weight is 303 g/mol. The van der Waals surface area contributed by atoms with Crippen LogP contribution in [0.25, 0.3) is 11.3 Å². The van der Waals surface area contributed by atoms with E-state index in [4.69, 9.17) is 0 Å². The van der Waals surface area contributed by atoms with Gasteiger partial charge < -0.3 is 10.4 Å². The molecule has 0 atom stereocenters. The predicted octanol–water partition coefficient (Wildman–Crippen LogP) is 2.86. The highest BCUT2D eigenvalue weighted by Crippen LogP contribution is 2.37. The molecule has 1 aromatic heterocycles.